The number of aromatic nitrogens is 1. The number of rotatable bonds is 2. The molecule has 0 unspecified atom stereocenters. The number of hydrogen-bond acceptors (Lipinski definition) is 3. The van der Waals surface area contributed by atoms with Crippen LogP contribution in [0.2, 0.25) is 0 Å². The molecule has 2 aromatic rings. The van der Waals surface area contributed by atoms with Gasteiger partial charge >= 0.3 is 5.97 Å². The lowest BCUT2D eigenvalue weighted by molar-refractivity contribution is 0.0696. The van der Waals surface area contributed by atoms with Crippen LogP contribution in [0.5, 0.6) is 0 Å². The zero-order valence-corrected chi connectivity index (χ0v) is 10.8. The molecule has 0 fully saturated rings. The maximum atomic E-state index is 10.8. The Bertz CT molecular complexity index is 533. The van der Waals surface area contributed by atoms with E-state index in [-0.39, 0.29) is 5.01 Å². The van der Waals surface area contributed by atoms with Crippen LogP contribution in [-0.4, -0.2) is 16.1 Å². The molecule has 0 aliphatic rings. The van der Waals surface area contributed by atoms with Gasteiger partial charge in [0.1, 0.15) is 0 Å². The number of carboxylic acids is 1. The van der Waals surface area contributed by atoms with Crippen molar-refractivity contribution in [1.29, 1.82) is 0 Å². The first kappa shape index (κ1) is 11.3. The van der Waals surface area contributed by atoms with Gasteiger partial charge in [-0.2, -0.15) is 0 Å². The third-order valence-electron chi connectivity index (χ3n) is 2.09. The van der Waals surface area contributed by atoms with Gasteiger partial charge < -0.3 is 5.11 Å². The van der Waals surface area contributed by atoms with Gasteiger partial charge in [-0.25, -0.2) is 9.78 Å². The van der Waals surface area contributed by atoms with Crippen molar-refractivity contribution in [2.75, 3.05) is 0 Å². The SMILES string of the molecule is Cc1nc(C(=O)O)sc1-c1ccc(Br)cc1. The highest BCUT2D eigenvalue weighted by molar-refractivity contribution is 9.10. The van der Waals surface area contributed by atoms with Crippen LogP contribution in [0.4, 0.5) is 0 Å². The maximum Gasteiger partial charge on any atom is 0.365 e. The number of aryl methyl sites for hydroxylation is 1. The Morgan fingerprint density at radius 3 is 2.50 bits per heavy atom. The van der Waals surface area contributed by atoms with E-state index in [1.165, 1.54) is 11.3 Å². The fourth-order valence-electron chi connectivity index (χ4n) is 1.36. The van der Waals surface area contributed by atoms with Gasteiger partial charge in [-0.3, -0.25) is 0 Å². The highest BCUT2D eigenvalue weighted by atomic mass is 79.9. The predicted octanol–water partition coefficient (Wildman–Crippen LogP) is 3.58. The number of hydrogen-bond donors (Lipinski definition) is 1. The van der Waals surface area contributed by atoms with Crippen LogP contribution in [0.15, 0.2) is 28.7 Å². The first-order valence-corrected chi connectivity index (χ1v) is 6.15. The summed E-state index contributed by atoms with van der Waals surface area (Å²) in [5, 5.41) is 8.99. The number of aromatic carboxylic acids is 1. The Morgan fingerprint density at radius 2 is 2.00 bits per heavy atom. The summed E-state index contributed by atoms with van der Waals surface area (Å²) in [4.78, 5) is 15.7. The molecule has 0 saturated carbocycles. The molecule has 0 amide bonds. The van der Waals surface area contributed by atoms with Crippen molar-refractivity contribution in [3.8, 4) is 10.4 Å². The zero-order valence-electron chi connectivity index (χ0n) is 8.40. The summed E-state index contributed by atoms with van der Waals surface area (Å²) in [5.41, 5.74) is 1.75. The number of halogens is 1. The highest BCUT2D eigenvalue weighted by Crippen LogP contribution is 2.30. The van der Waals surface area contributed by atoms with Gasteiger partial charge in [0.25, 0.3) is 0 Å². The van der Waals surface area contributed by atoms with E-state index in [0.29, 0.717) is 0 Å². The van der Waals surface area contributed by atoms with E-state index in [9.17, 15) is 4.79 Å². The average molecular weight is 298 g/mol. The molecule has 0 spiro atoms. The van der Waals surface area contributed by atoms with Gasteiger partial charge in [0.2, 0.25) is 5.01 Å². The molecule has 0 saturated heterocycles. The van der Waals surface area contributed by atoms with Crippen LogP contribution in [-0.2, 0) is 0 Å². The fraction of sp³-hybridized carbons (Fsp3) is 0.0909. The number of thiazole rings is 1. The number of benzene rings is 1. The van der Waals surface area contributed by atoms with Crippen LogP contribution in [0, 0.1) is 6.92 Å². The molecular weight excluding hydrogens is 290 g/mol. The van der Waals surface area contributed by atoms with Crippen molar-refractivity contribution in [3.63, 3.8) is 0 Å². The molecule has 82 valence electrons. The summed E-state index contributed by atoms with van der Waals surface area (Å²) >= 11 is 4.56. The summed E-state index contributed by atoms with van der Waals surface area (Å²) in [6, 6.07) is 7.73. The minimum absolute atomic E-state index is 0.135. The third kappa shape index (κ3) is 2.15. The van der Waals surface area contributed by atoms with Crippen molar-refractivity contribution < 1.29 is 9.90 Å². The first-order chi connectivity index (χ1) is 7.58. The van der Waals surface area contributed by atoms with Gasteiger partial charge in [-0.05, 0) is 24.6 Å². The first-order valence-electron chi connectivity index (χ1n) is 4.54. The van der Waals surface area contributed by atoms with Crippen molar-refractivity contribution in [2.24, 2.45) is 0 Å². The Kier molecular flexibility index (Phi) is 3.07. The maximum absolute atomic E-state index is 10.8. The lowest BCUT2D eigenvalue weighted by Gasteiger charge is -1.98. The summed E-state index contributed by atoms with van der Waals surface area (Å²) in [5.74, 6) is -0.975. The highest BCUT2D eigenvalue weighted by Gasteiger charge is 2.14. The minimum Gasteiger partial charge on any atom is -0.476 e. The molecule has 1 aromatic heterocycles. The standard InChI is InChI=1S/C11H8BrNO2S/c1-6-9(16-10(13-6)11(14)15)7-2-4-8(12)5-3-7/h2-5H,1H3,(H,14,15). The zero-order chi connectivity index (χ0) is 11.7. The van der Waals surface area contributed by atoms with Crippen molar-refractivity contribution in [1.82, 2.24) is 4.98 Å². The Labute approximate surface area is 105 Å². The lowest BCUT2D eigenvalue weighted by Crippen LogP contribution is -1.93. The van der Waals surface area contributed by atoms with Crippen LogP contribution < -0.4 is 0 Å². The van der Waals surface area contributed by atoms with Gasteiger partial charge in [0, 0.05) is 4.47 Å². The molecule has 1 N–H and O–H groups in total. The van der Waals surface area contributed by atoms with Crippen LogP contribution in [0.1, 0.15) is 15.5 Å². The van der Waals surface area contributed by atoms with E-state index >= 15 is 0 Å². The molecule has 0 aliphatic carbocycles. The average Bonchev–Trinajstić information content (AvgIpc) is 2.62. The molecular formula is C11H8BrNO2S. The summed E-state index contributed by atoms with van der Waals surface area (Å²) < 4.78 is 0.997. The number of carboxylic acid groups (broad SMARTS) is 1. The molecule has 2 rings (SSSR count). The number of nitrogens with zero attached hydrogens (tertiary/aromatic N) is 1. The van der Waals surface area contributed by atoms with E-state index in [4.69, 9.17) is 5.11 Å². The van der Waals surface area contributed by atoms with Gasteiger partial charge in [0.05, 0.1) is 10.6 Å². The predicted molar refractivity (Wildman–Crippen MR) is 66.9 cm³/mol. The van der Waals surface area contributed by atoms with Crippen LogP contribution in [0.3, 0.4) is 0 Å². The number of carbonyl (C=O) groups is 1. The molecule has 16 heavy (non-hydrogen) atoms. The van der Waals surface area contributed by atoms with Crippen LogP contribution >= 0.6 is 27.3 Å². The Balaban J connectivity index is 2.47. The topological polar surface area (TPSA) is 50.2 Å². The van der Waals surface area contributed by atoms with Gasteiger partial charge in [-0.1, -0.05) is 28.1 Å². The summed E-state index contributed by atoms with van der Waals surface area (Å²) in [6.07, 6.45) is 0. The van der Waals surface area contributed by atoms with Crippen LogP contribution in [0.25, 0.3) is 10.4 Å². The summed E-state index contributed by atoms with van der Waals surface area (Å²) in [6.45, 7) is 1.82. The summed E-state index contributed by atoms with van der Waals surface area (Å²) in [7, 11) is 0. The smallest absolute Gasteiger partial charge is 0.365 e. The fourth-order valence-corrected chi connectivity index (χ4v) is 2.53. The van der Waals surface area contributed by atoms with Gasteiger partial charge in [0.15, 0.2) is 0 Å². The lowest BCUT2D eigenvalue weighted by atomic mass is 10.2. The van der Waals surface area contributed by atoms with Gasteiger partial charge in [-0.15, -0.1) is 11.3 Å². The third-order valence-corrected chi connectivity index (χ3v) is 3.81. The molecule has 0 atom stereocenters. The van der Waals surface area contributed by atoms with E-state index in [1.807, 2.05) is 31.2 Å². The molecule has 0 aliphatic heterocycles. The molecule has 0 radical (unpaired) electrons. The van der Waals surface area contributed by atoms with E-state index in [0.717, 1.165) is 20.6 Å². The van der Waals surface area contributed by atoms with E-state index in [2.05, 4.69) is 20.9 Å². The van der Waals surface area contributed by atoms with Crippen molar-refractivity contribution >= 4 is 33.2 Å². The van der Waals surface area contributed by atoms with E-state index in [1.54, 1.807) is 0 Å². The van der Waals surface area contributed by atoms with Crippen molar-refractivity contribution in [3.05, 3.63) is 39.4 Å². The Morgan fingerprint density at radius 1 is 1.38 bits per heavy atom. The van der Waals surface area contributed by atoms with Crippen molar-refractivity contribution in [2.45, 2.75) is 6.92 Å². The normalized spacial score (nSPS) is 10.4. The monoisotopic (exact) mass is 297 g/mol. The second-order valence-electron chi connectivity index (χ2n) is 3.25. The second kappa shape index (κ2) is 4.35. The Hall–Kier alpha value is -1.20. The molecule has 0 bridgehead atoms. The van der Waals surface area contributed by atoms with E-state index < -0.39 is 5.97 Å². The second-order valence-corrected chi connectivity index (χ2v) is 5.16. The molecule has 5 heteroatoms. The quantitative estimate of drug-likeness (QED) is 0.922. The largest absolute Gasteiger partial charge is 0.476 e. The molecule has 1 heterocycles. The molecule has 1 aromatic carbocycles. The minimum atomic E-state index is -0.975. The molecule has 3 nitrogen and oxygen atoms in total.